The van der Waals surface area contributed by atoms with Crippen molar-refractivity contribution in [2.24, 2.45) is 11.8 Å². The number of carbonyl (C=O) groups excluding carboxylic acids is 2. The molecule has 0 spiro atoms. The summed E-state index contributed by atoms with van der Waals surface area (Å²) in [6.45, 7) is 6.02. The number of rotatable bonds is 9. The summed E-state index contributed by atoms with van der Waals surface area (Å²) in [5.74, 6) is 2.50. The molecule has 6 heteroatoms. The summed E-state index contributed by atoms with van der Waals surface area (Å²) in [6.07, 6.45) is 2.27. The third-order valence-corrected chi connectivity index (χ3v) is 5.89. The van der Waals surface area contributed by atoms with E-state index >= 15 is 0 Å². The standard InChI is InChI=1S/C26H33NO5/c1-18(2)13-16-32-23-10-7-21(17-24(23)31-4)26(29)27-14-11-20(12-15-27)25(28)19-5-8-22(30-3)9-6-19/h5-10,17-18,20H,11-16H2,1-4H3. The fourth-order valence-corrected chi connectivity index (χ4v) is 3.84. The number of benzene rings is 2. The van der Waals surface area contributed by atoms with Crippen LogP contribution in [0.15, 0.2) is 42.5 Å². The molecule has 0 saturated carbocycles. The average molecular weight is 440 g/mol. The molecular weight excluding hydrogens is 406 g/mol. The summed E-state index contributed by atoms with van der Waals surface area (Å²) in [6, 6.07) is 12.5. The highest BCUT2D eigenvalue weighted by molar-refractivity contribution is 5.98. The van der Waals surface area contributed by atoms with E-state index in [-0.39, 0.29) is 17.6 Å². The molecule has 1 heterocycles. The first-order valence-corrected chi connectivity index (χ1v) is 11.2. The van der Waals surface area contributed by atoms with Crippen molar-refractivity contribution in [3.63, 3.8) is 0 Å². The van der Waals surface area contributed by atoms with Gasteiger partial charge >= 0.3 is 0 Å². The summed E-state index contributed by atoms with van der Waals surface area (Å²) in [4.78, 5) is 27.7. The van der Waals surface area contributed by atoms with Crippen LogP contribution in [0.2, 0.25) is 0 Å². The monoisotopic (exact) mass is 439 g/mol. The molecule has 1 aliphatic heterocycles. The van der Waals surface area contributed by atoms with E-state index in [0.717, 1.165) is 12.2 Å². The van der Waals surface area contributed by atoms with E-state index in [4.69, 9.17) is 14.2 Å². The van der Waals surface area contributed by atoms with Crippen molar-refractivity contribution in [2.75, 3.05) is 33.9 Å². The van der Waals surface area contributed by atoms with E-state index in [2.05, 4.69) is 13.8 Å². The van der Waals surface area contributed by atoms with Gasteiger partial charge in [0.1, 0.15) is 5.75 Å². The lowest BCUT2D eigenvalue weighted by Crippen LogP contribution is -2.40. The molecule has 0 aromatic heterocycles. The lowest BCUT2D eigenvalue weighted by molar-refractivity contribution is 0.0650. The third-order valence-electron chi connectivity index (χ3n) is 5.89. The van der Waals surface area contributed by atoms with Gasteiger partial charge in [0.2, 0.25) is 0 Å². The summed E-state index contributed by atoms with van der Waals surface area (Å²) >= 11 is 0. The number of hydrogen-bond donors (Lipinski definition) is 0. The van der Waals surface area contributed by atoms with Crippen LogP contribution in [-0.4, -0.2) is 50.5 Å². The van der Waals surface area contributed by atoms with E-state index in [1.165, 1.54) is 0 Å². The van der Waals surface area contributed by atoms with Crippen LogP contribution in [0, 0.1) is 11.8 Å². The van der Waals surface area contributed by atoms with Gasteiger partial charge in [-0.05, 0) is 67.6 Å². The largest absolute Gasteiger partial charge is 0.497 e. The quantitative estimate of drug-likeness (QED) is 0.522. The molecule has 2 aromatic carbocycles. The molecule has 172 valence electrons. The zero-order chi connectivity index (χ0) is 23.1. The van der Waals surface area contributed by atoms with Crippen LogP contribution in [0.4, 0.5) is 0 Å². The van der Waals surface area contributed by atoms with E-state index in [1.54, 1.807) is 56.7 Å². The minimum atomic E-state index is -0.0706. The molecular formula is C26H33NO5. The van der Waals surface area contributed by atoms with Crippen LogP contribution < -0.4 is 14.2 Å². The normalized spacial score (nSPS) is 14.3. The maximum Gasteiger partial charge on any atom is 0.253 e. The van der Waals surface area contributed by atoms with Crippen LogP contribution in [0.5, 0.6) is 17.2 Å². The third kappa shape index (κ3) is 5.81. The Morgan fingerprint density at radius 1 is 0.938 bits per heavy atom. The summed E-state index contributed by atoms with van der Waals surface area (Å²) in [7, 11) is 3.18. The molecule has 2 aromatic rings. The zero-order valence-corrected chi connectivity index (χ0v) is 19.4. The molecule has 0 radical (unpaired) electrons. The van der Waals surface area contributed by atoms with Gasteiger partial charge in [0.05, 0.1) is 20.8 Å². The molecule has 0 atom stereocenters. The van der Waals surface area contributed by atoms with Gasteiger partial charge in [-0.2, -0.15) is 0 Å². The van der Waals surface area contributed by atoms with Crippen molar-refractivity contribution in [2.45, 2.75) is 33.1 Å². The number of amides is 1. The van der Waals surface area contributed by atoms with Gasteiger partial charge < -0.3 is 19.1 Å². The molecule has 1 aliphatic rings. The van der Waals surface area contributed by atoms with Gasteiger partial charge in [-0.25, -0.2) is 0 Å². The van der Waals surface area contributed by atoms with E-state index in [9.17, 15) is 9.59 Å². The van der Waals surface area contributed by atoms with Crippen LogP contribution >= 0.6 is 0 Å². The molecule has 1 fully saturated rings. The highest BCUT2D eigenvalue weighted by Crippen LogP contribution is 2.30. The van der Waals surface area contributed by atoms with Crippen LogP contribution in [0.1, 0.15) is 53.8 Å². The number of ketones is 1. The Kier molecular flexibility index (Phi) is 8.14. The van der Waals surface area contributed by atoms with E-state index in [0.29, 0.717) is 61.1 Å². The second kappa shape index (κ2) is 11.0. The fraction of sp³-hybridized carbons (Fsp3) is 0.462. The molecule has 0 aliphatic carbocycles. The maximum absolute atomic E-state index is 13.0. The van der Waals surface area contributed by atoms with Crippen molar-refractivity contribution in [1.29, 1.82) is 0 Å². The SMILES string of the molecule is COc1ccc(C(=O)C2CCN(C(=O)c3ccc(OCCC(C)C)c(OC)c3)CC2)cc1. The Hall–Kier alpha value is -3.02. The molecule has 6 nitrogen and oxygen atoms in total. The van der Waals surface area contributed by atoms with Gasteiger partial charge in [0, 0.05) is 30.1 Å². The van der Waals surface area contributed by atoms with Gasteiger partial charge in [0.25, 0.3) is 5.91 Å². The fourth-order valence-electron chi connectivity index (χ4n) is 3.84. The molecule has 0 unspecified atom stereocenters. The number of piperidine rings is 1. The van der Waals surface area contributed by atoms with Crippen molar-refractivity contribution in [1.82, 2.24) is 4.90 Å². The Morgan fingerprint density at radius 3 is 2.19 bits per heavy atom. The first-order valence-electron chi connectivity index (χ1n) is 11.2. The highest BCUT2D eigenvalue weighted by atomic mass is 16.5. The Bertz CT molecular complexity index is 914. The number of nitrogens with zero attached hydrogens (tertiary/aromatic N) is 1. The van der Waals surface area contributed by atoms with Crippen LogP contribution in [0.25, 0.3) is 0 Å². The lowest BCUT2D eigenvalue weighted by Gasteiger charge is -2.31. The second-order valence-corrected chi connectivity index (χ2v) is 8.56. The van der Waals surface area contributed by atoms with Crippen LogP contribution in [-0.2, 0) is 0 Å². The molecule has 1 saturated heterocycles. The maximum atomic E-state index is 13.0. The van der Waals surface area contributed by atoms with Crippen molar-refractivity contribution < 1.29 is 23.8 Å². The van der Waals surface area contributed by atoms with Gasteiger partial charge in [-0.15, -0.1) is 0 Å². The Morgan fingerprint density at radius 2 is 1.59 bits per heavy atom. The molecule has 32 heavy (non-hydrogen) atoms. The zero-order valence-electron chi connectivity index (χ0n) is 19.4. The highest BCUT2D eigenvalue weighted by Gasteiger charge is 2.28. The van der Waals surface area contributed by atoms with Gasteiger partial charge in [-0.1, -0.05) is 13.8 Å². The number of hydrogen-bond acceptors (Lipinski definition) is 5. The molecule has 3 rings (SSSR count). The summed E-state index contributed by atoms with van der Waals surface area (Å²) in [5, 5.41) is 0. The summed E-state index contributed by atoms with van der Waals surface area (Å²) in [5.41, 5.74) is 1.26. The lowest BCUT2D eigenvalue weighted by atomic mass is 9.88. The number of carbonyl (C=O) groups is 2. The van der Waals surface area contributed by atoms with Gasteiger partial charge in [0.15, 0.2) is 17.3 Å². The minimum absolute atomic E-state index is 0.0487. The van der Waals surface area contributed by atoms with Crippen LogP contribution in [0.3, 0.4) is 0 Å². The molecule has 0 bridgehead atoms. The topological polar surface area (TPSA) is 65.1 Å². The van der Waals surface area contributed by atoms with Gasteiger partial charge in [-0.3, -0.25) is 9.59 Å². The predicted molar refractivity (Wildman–Crippen MR) is 124 cm³/mol. The second-order valence-electron chi connectivity index (χ2n) is 8.56. The first kappa shape index (κ1) is 23.6. The molecule has 0 N–H and O–H groups in total. The minimum Gasteiger partial charge on any atom is -0.497 e. The smallest absolute Gasteiger partial charge is 0.253 e. The van der Waals surface area contributed by atoms with E-state index in [1.807, 2.05) is 4.90 Å². The predicted octanol–water partition coefficient (Wildman–Crippen LogP) is 4.86. The number of methoxy groups -OCH3 is 2. The Labute approximate surface area is 190 Å². The average Bonchev–Trinajstić information content (AvgIpc) is 2.83. The van der Waals surface area contributed by atoms with Crippen molar-refractivity contribution in [3.8, 4) is 17.2 Å². The number of ether oxygens (including phenoxy) is 3. The molecule has 1 amide bonds. The van der Waals surface area contributed by atoms with Crippen molar-refractivity contribution in [3.05, 3.63) is 53.6 Å². The Balaban J connectivity index is 1.59. The number of Topliss-reactive ketones (excluding diaryl/α,β-unsaturated/α-hetero) is 1. The van der Waals surface area contributed by atoms with E-state index < -0.39 is 0 Å². The first-order chi connectivity index (χ1) is 15.4. The van der Waals surface area contributed by atoms with Crippen molar-refractivity contribution >= 4 is 11.7 Å². The number of likely N-dealkylation sites (tertiary alicyclic amines) is 1. The summed E-state index contributed by atoms with van der Waals surface area (Å²) < 4.78 is 16.4.